The van der Waals surface area contributed by atoms with Gasteiger partial charge in [0.2, 0.25) is 11.9 Å². The third-order valence-electron chi connectivity index (χ3n) is 8.41. The maximum absolute atomic E-state index is 12.3. The van der Waals surface area contributed by atoms with Crippen LogP contribution in [0.2, 0.25) is 0 Å². The maximum atomic E-state index is 12.3. The molecule has 0 aliphatic carbocycles. The Balaban J connectivity index is 1.29. The molecule has 1 aliphatic heterocycles. The van der Waals surface area contributed by atoms with E-state index in [2.05, 4.69) is 15.7 Å². The fourth-order valence-corrected chi connectivity index (χ4v) is 6.25. The first kappa shape index (κ1) is 26.6. The van der Waals surface area contributed by atoms with Gasteiger partial charge in [0, 0.05) is 34.1 Å². The van der Waals surface area contributed by atoms with Gasteiger partial charge in [-0.1, -0.05) is 42.5 Å². The van der Waals surface area contributed by atoms with Gasteiger partial charge in [-0.3, -0.25) is 4.79 Å². The number of para-hydroxylation sites is 2. The molecule has 5 N–H and O–H groups in total. The van der Waals surface area contributed by atoms with Gasteiger partial charge in [0.15, 0.2) is 0 Å². The Bertz CT molecular complexity index is 2320. The zero-order chi connectivity index (χ0) is 30.7. The second-order valence-electron chi connectivity index (χ2n) is 11.1. The Labute approximate surface area is 256 Å². The van der Waals surface area contributed by atoms with E-state index in [1.807, 2.05) is 66.7 Å². The lowest BCUT2D eigenvalue weighted by Gasteiger charge is -2.29. The van der Waals surface area contributed by atoms with Crippen molar-refractivity contribution in [3.8, 4) is 11.3 Å². The van der Waals surface area contributed by atoms with Crippen LogP contribution in [-0.4, -0.2) is 38.1 Å². The van der Waals surface area contributed by atoms with Crippen LogP contribution in [0.4, 0.5) is 11.6 Å². The third-order valence-corrected chi connectivity index (χ3v) is 8.41. The predicted molar refractivity (Wildman–Crippen MR) is 171 cm³/mol. The van der Waals surface area contributed by atoms with E-state index in [4.69, 9.17) is 15.1 Å². The Morgan fingerprint density at radius 3 is 2.64 bits per heavy atom. The summed E-state index contributed by atoms with van der Waals surface area (Å²) in [6.45, 7) is 0.694. The molecule has 0 radical (unpaired) electrons. The third kappa shape index (κ3) is 4.47. The molecule has 0 fully saturated rings. The van der Waals surface area contributed by atoms with Crippen LogP contribution >= 0.6 is 0 Å². The topological polar surface area (TPSA) is 148 Å². The number of carbonyl (C=O) groups excluding carboxylic acids is 1. The smallest absolute Gasteiger partial charge is 0.335 e. The summed E-state index contributed by atoms with van der Waals surface area (Å²) in [6, 6.07) is 27.8. The Hall–Kier alpha value is -6.00. The Morgan fingerprint density at radius 2 is 1.78 bits per heavy atom. The maximum Gasteiger partial charge on any atom is 0.335 e. The molecule has 1 aliphatic rings. The van der Waals surface area contributed by atoms with Crippen LogP contribution in [-0.2, 0) is 6.42 Å². The van der Waals surface area contributed by atoms with Crippen molar-refractivity contribution >= 4 is 51.0 Å². The first-order chi connectivity index (χ1) is 21.9. The van der Waals surface area contributed by atoms with Crippen LogP contribution in [0.3, 0.4) is 0 Å². The minimum Gasteiger partial charge on any atom is -0.478 e. The number of primary amides is 1. The lowest BCUT2D eigenvalue weighted by atomic mass is 9.87. The number of hydrogen-bond donors (Lipinski definition) is 4. The number of carbonyl (C=O) groups is 2. The van der Waals surface area contributed by atoms with Gasteiger partial charge in [0.1, 0.15) is 11.2 Å². The number of fused-ring (bicyclic) bond motifs is 5. The molecule has 0 saturated carbocycles. The van der Waals surface area contributed by atoms with Gasteiger partial charge in [-0.05, 0) is 71.6 Å². The number of nitrogens with one attached hydrogen (secondary N) is 2. The molecule has 10 nitrogen and oxygen atoms in total. The fraction of sp³-hybridized carbons (Fsp3) is 0.0857. The number of furan rings is 1. The van der Waals surface area contributed by atoms with E-state index >= 15 is 0 Å². The quantitative estimate of drug-likeness (QED) is 0.181. The van der Waals surface area contributed by atoms with Gasteiger partial charge < -0.3 is 25.9 Å². The largest absolute Gasteiger partial charge is 0.478 e. The van der Waals surface area contributed by atoms with Gasteiger partial charge in [0.05, 0.1) is 29.0 Å². The number of nitrogens with two attached hydrogens (primary N) is 1. The molecule has 0 saturated heterocycles. The van der Waals surface area contributed by atoms with Crippen LogP contribution in [0.1, 0.15) is 43.4 Å². The van der Waals surface area contributed by atoms with E-state index in [0.717, 1.165) is 56.1 Å². The van der Waals surface area contributed by atoms with Gasteiger partial charge in [-0.25, -0.2) is 14.3 Å². The van der Waals surface area contributed by atoms with Crippen molar-refractivity contribution in [2.75, 3.05) is 11.9 Å². The molecule has 4 aromatic carbocycles. The van der Waals surface area contributed by atoms with Crippen LogP contribution in [0.5, 0.6) is 0 Å². The zero-order valence-electron chi connectivity index (χ0n) is 23.8. The van der Waals surface area contributed by atoms with Crippen molar-refractivity contribution < 1.29 is 19.1 Å². The summed E-state index contributed by atoms with van der Waals surface area (Å²) in [6.07, 6.45) is 2.46. The average molecular weight is 595 g/mol. The van der Waals surface area contributed by atoms with Crippen molar-refractivity contribution in [2.45, 2.75) is 12.5 Å². The molecule has 1 amide bonds. The van der Waals surface area contributed by atoms with E-state index in [1.165, 1.54) is 0 Å². The summed E-state index contributed by atoms with van der Waals surface area (Å²) in [5.74, 6) is -1.15. The Morgan fingerprint density at radius 1 is 0.933 bits per heavy atom. The van der Waals surface area contributed by atoms with E-state index in [9.17, 15) is 14.7 Å². The van der Waals surface area contributed by atoms with E-state index in [1.54, 1.807) is 35.0 Å². The highest BCUT2D eigenvalue weighted by Gasteiger charge is 2.26. The number of aromatic nitrogens is 3. The van der Waals surface area contributed by atoms with E-state index in [-0.39, 0.29) is 11.6 Å². The number of carboxylic acids is 1. The highest BCUT2D eigenvalue weighted by molar-refractivity contribution is 6.09. The Kier molecular flexibility index (Phi) is 6.10. The molecule has 10 heteroatoms. The lowest BCUT2D eigenvalue weighted by molar-refractivity contribution is 0.0696. The molecule has 8 rings (SSSR count). The number of carboxylic acid groups (broad SMARTS) is 1. The first-order valence-corrected chi connectivity index (χ1v) is 14.5. The van der Waals surface area contributed by atoms with Crippen LogP contribution < -0.4 is 16.4 Å². The minimum atomic E-state index is -0.994. The molecular formula is C35H26N6O4. The molecule has 4 heterocycles. The van der Waals surface area contributed by atoms with E-state index in [0.29, 0.717) is 29.4 Å². The molecule has 220 valence electrons. The molecule has 3 aromatic heterocycles. The number of hydrogen-bond acceptors (Lipinski definition) is 7. The summed E-state index contributed by atoms with van der Waals surface area (Å²) in [5.41, 5.74) is 13.4. The predicted octanol–water partition coefficient (Wildman–Crippen LogP) is 6.07. The molecule has 1 unspecified atom stereocenters. The molecule has 45 heavy (non-hydrogen) atoms. The SMILES string of the molecule is NC(=O)c1ccc(C2NCCc3ccc(C(=O)O)cc32)c(Nc2nc(-c3cccc4c3oc3ccccc34)cc3ccnn23)c1. The molecule has 0 bridgehead atoms. The monoisotopic (exact) mass is 594 g/mol. The van der Waals surface area contributed by atoms with Gasteiger partial charge in [-0.2, -0.15) is 5.10 Å². The van der Waals surface area contributed by atoms with Crippen LogP contribution in [0.15, 0.2) is 102 Å². The number of rotatable bonds is 6. The molecule has 1 atom stereocenters. The van der Waals surface area contributed by atoms with Gasteiger partial charge in [-0.15, -0.1) is 0 Å². The minimum absolute atomic E-state index is 0.207. The van der Waals surface area contributed by atoms with Crippen molar-refractivity contribution in [3.63, 3.8) is 0 Å². The number of aromatic carboxylic acids is 1. The standard InChI is InChI=1S/C35H26N6O4/c36-33(42)20-10-11-25(31-27-16-21(34(43)44)9-8-19(27)12-14-37-31)28(17-20)39-35-40-29(18-22-13-15-38-41(22)35)26-6-3-5-24-23-4-1-2-7-30(23)45-32(24)26/h1-11,13,15-18,31,37H,12,14H2,(H2,36,42)(H,39,40)(H,43,44). The van der Waals surface area contributed by atoms with E-state index < -0.39 is 11.9 Å². The molecular weight excluding hydrogens is 568 g/mol. The van der Waals surface area contributed by atoms with Crippen LogP contribution in [0.25, 0.3) is 38.7 Å². The summed E-state index contributed by atoms with van der Waals surface area (Å²) in [4.78, 5) is 29.1. The summed E-state index contributed by atoms with van der Waals surface area (Å²) < 4.78 is 7.99. The lowest BCUT2D eigenvalue weighted by Crippen LogP contribution is -2.31. The zero-order valence-corrected chi connectivity index (χ0v) is 23.8. The number of anilines is 2. The van der Waals surface area contributed by atoms with Crippen molar-refractivity contribution in [3.05, 3.63) is 125 Å². The van der Waals surface area contributed by atoms with Crippen LogP contribution in [0, 0.1) is 0 Å². The normalized spacial score (nSPS) is 14.5. The molecule has 0 spiro atoms. The fourth-order valence-electron chi connectivity index (χ4n) is 6.25. The highest BCUT2D eigenvalue weighted by atomic mass is 16.4. The van der Waals surface area contributed by atoms with Crippen molar-refractivity contribution in [1.29, 1.82) is 0 Å². The van der Waals surface area contributed by atoms with Gasteiger partial charge in [0.25, 0.3) is 0 Å². The second-order valence-corrected chi connectivity index (χ2v) is 11.1. The average Bonchev–Trinajstić information content (AvgIpc) is 3.69. The second kappa shape index (κ2) is 10.3. The highest BCUT2D eigenvalue weighted by Crippen LogP contribution is 2.38. The number of amides is 1. The number of benzene rings is 4. The summed E-state index contributed by atoms with van der Waals surface area (Å²) >= 11 is 0. The summed E-state index contributed by atoms with van der Waals surface area (Å²) in [5, 5.41) is 23.2. The number of nitrogens with zero attached hydrogens (tertiary/aromatic N) is 3. The van der Waals surface area contributed by atoms with Crippen molar-refractivity contribution in [1.82, 2.24) is 19.9 Å². The molecule has 7 aromatic rings. The van der Waals surface area contributed by atoms with Crippen molar-refractivity contribution in [2.24, 2.45) is 5.73 Å². The first-order valence-electron chi connectivity index (χ1n) is 14.5. The van der Waals surface area contributed by atoms with Gasteiger partial charge >= 0.3 is 5.97 Å². The summed E-state index contributed by atoms with van der Waals surface area (Å²) in [7, 11) is 0.